The van der Waals surface area contributed by atoms with Gasteiger partial charge in [-0.15, -0.1) is 0 Å². The highest BCUT2D eigenvalue weighted by Crippen LogP contribution is 2.30. The van der Waals surface area contributed by atoms with Crippen LogP contribution in [-0.4, -0.2) is 43.3 Å². The molecule has 0 aliphatic carbocycles. The standard InChI is InChI=1S/C27H39F3N2O2/c1-19(2)32(20(3)4)15-16-34-25-14-11-22(17-26(25)33-6)8-7-21(5)31-18-23-9-12-24(13-10-23)27(28,29)30/h9-14,17,19-21,31H,7-8,15-16,18H2,1-6H3. The monoisotopic (exact) mass is 480 g/mol. The lowest BCUT2D eigenvalue weighted by molar-refractivity contribution is -0.137. The normalized spacial score (nSPS) is 13.1. The molecule has 0 amide bonds. The van der Waals surface area contributed by atoms with Gasteiger partial charge in [-0.05, 0) is 82.9 Å². The third-order valence-corrected chi connectivity index (χ3v) is 5.96. The Bertz CT molecular complexity index is 859. The molecule has 0 radical (unpaired) electrons. The van der Waals surface area contributed by atoms with Gasteiger partial charge < -0.3 is 14.8 Å². The quantitative estimate of drug-likeness (QED) is 0.364. The third-order valence-electron chi connectivity index (χ3n) is 5.96. The van der Waals surface area contributed by atoms with Crippen LogP contribution in [-0.2, 0) is 19.1 Å². The molecule has 2 rings (SSSR count). The van der Waals surface area contributed by atoms with E-state index in [2.05, 4.69) is 50.9 Å². The van der Waals surface area contributed by atoms with Crippen molar-refractivity contribution >= 4 is 0 Å². The summed E-state index contributed by atoms with van der Waals surface area (Å²) in [4.78, 5) is 2.39. The summed E-state index contributed by atoms with van der Waals surface area (Å²) in [6, 6.07) is 12.5. The Morgan fingerprint density at radius 3 is 2.06 bits per heavy atom. The van der Waals surface area contributed by atoms with Crippen molar-refractivity contribution < 1.29 is 22.6 Å². The van der Waals surface area contributed by atoms with Gasteiger partial charge >= 0.3 is 6.18 Å². The van der Waals surface area contributed by atoms with E-state index < -0.39 is 11.7 Å². The summed E-state index contributed by atoms with van der Waals surface area (Å²) < 4.78 is 49.6. The van der Waals surface area contributed by atoms with E-state index in [0.29, 0.717) is 25.2 Å². The first-order chi connectivity index (χ1) is 16.0. The Labute approximate surface area is 202 Å². The van der Waals surface area contributed by atoms with Gasteiger partial charge in [0.2, 0.25) is 0 Å². The van der Waals surface area contributed by atoms with E-state index in [9.17, 15) is 13.2 Å². The lowest BCUT2D eigenvalue weighted by Gasteiger charge is -2.30. The molecule has 0 bridgehead atoms. The maximum Gasteiger partial charge on any atom is 0.416 e. The average Bonchev–Trinajstić information content (AvgIpc) is 2.78. The highest BCUT2D eigenvalue weighted by molar-refractivity contribution is 5.43. The van der Waals surface area contributed by atoms with Crippen molar-refractivity contribution in [1.29, 1.82) is 0 Å². The molecule has 0 aromatic heterocycles. The van der Waals surface area contributed by atoms with Gasteiger partial charge in [-0.25, -0.2) is 0 Å². The minimum atomic E-state index is -4.30. The van der Waals surface area contributed by atoms with Gasteiger partial charge in [0.15, 0.2) is 11.5 Å². The molecule has 0 saturated carbocycles. The summed E-state index contributed by atoms with van der Waals surface area (Å²) in [5.74, 6) is 1.47. The van der Waals surface area contributed by atoms with Gasteiger partial charge in [0.25, 0.3) is 0 Å². The number of aryl methyl sites for hydroxylation is 1. The van der Waals surface area contributed by atoms with E-state index in [0.717, 1.165) is 54.1 Å². The minimum absolute atomic E-state index is 0.210. The number of nitrogens with zero attached hydrogens (tertiary/aromatic N) is 1. The highest BCUT2D eigenvalue weighted by Gasteiger charge is 2.29. The SMILES string of the molecule is COc1cc(CCC(C)NCc2ccc(C(F)(F)F)cc2)ccc1OCCN(C(C)C)C(C)C. The molecule has 0 saturated heterocycles. The number of methoxy groups -OCH3 is 1. The lowest BCUT2D eigenvalue weighted by atomic mass is 10.0. The Morgan fingerprint density at radius 1 is 0.882 bits per heavy atom. The van der Waals surface area contributed by atoms with Gasteiger partial charge in [-0.2, -0.15) is 13.2 Å². The molecule has 0 aliphatic rings. The maximum atomic E-state index is 12.7. The number of hydrogen-bond donors (Lipinski definition) is 1. The number of alkyl halides is 3. The van der Waals surface area contributed by atoms with Gasteiger partial charge in [0.1, 0.15) is 6.61 Å². The van der Waals surface area contributed by atoms with E-state index in [1.54, 1.807) is 7.11 Å². The second kappa shape index (κ2) is 13.0. The smallest absolute Gasteiger partial charge is 0.416 e. The van der Waals surface area contributed by atoms with Crippen molar-refractivity contribution in [3.63, 3.8) is 0 Å². The van der Waals surface area contributed by atoms with Crippen LogP contribution in [0.4, 0.5) is 13.2 Å². The molecular weight excluding hydrogens is 441 g/mol. The molecule has 190 valence electrons. The van der Waals surface area contributed by atoms with Crippen molar-refractivity contribution in [3.05, 3.63) is 59.2 Å². The summed E-state index contributed by atoms with van der Waals surface area (Å²) in [5.41, 5.74) is 1.36. The maximum absolute atomic E-state index is 12.7. The number of rotatable bonds is 13. The fourth-order valence-corrected chi connectivity index (χ4v) is 3.95. The molecule has 0 heterocycles. The van der Waals surface area contributed by atoms with Crippen LogP contribution in [0.25, 0.3) is 0 Å². The summed E-state index contributed by atoms with van der Waals surface area (Å²) in [7, 11) is 1.65. The summed E-state index contributed by atoms with van der Waals surface area (Å²) >= 11 is 0. The van der Waals surface area contributed by atoms with E-state index in [-0.39, 0.29) is 6.04 Å². The van der Waals surface area contributed by atoms with E-state index >= 15 is 0 Å². The van der Waals surface area contributed by atoms with Gasteiger partial charge in [-0.3, -0.25) is 4.90 Å². The number of hydrogen-bond acceptors (Lipinski definition) is 4. The summed E-state index contributed by atoms with van der Waals surface area (Å²) in [6.07, 6.45) is -2.56. The van der Waals surface area contributed by atoms with Gasteiger partial charge in [0.05, 0.1) is 12.7 Å². The Hall–Kier alpha value is -2.25. The molecule has 1 N–H and O–H groups in total. The number of benzene rings is 2. The van der Waals surface area contributed by atoms with Gasteiger partial charge in [-0.1, -0.05) is 18.2 Å². The van der Waals surface area contributed by atoms with Crippen LogP contribution in [0.3, 0.4) is 0 Å². The molecule has 34 heavy (non-hydrogen) atoms. The molecular formula is C27H39F3N2O2. The van der Waals surface area contributed by atoms with Crippen molar-refractivity contribution in [3.8, 4) is 11.5 Å². The van der Waals surface area contributed by atoms with Crippen molar-refractivity contribution in [2.24, 2.45) is 0 Å². The first-order valence-corrected chi connectivity index (χ1v) is 12.0. The predicted molar refractivity (Wildman–Crippen MR) is 132 cm³/mol. The third kappa shape index (κ3) is 8.84. The highest BCUT2D eigenvalue weighted by atomic mass is 19.4. The van der Waals surface area contributed by atoms with Crippen LogP contribution in [0.2, 0.25) is 0 Å². The second-order valence-corrected chi connectivity index (χ2v) is 9.27. The first kappa shape index (κ1) is 28.0. The second-order valence-electron chi connectivity index (χ2n) is 9.27. The Kier molecular flexibility index (Phi) is 10.7. The molecule has 7 heteroatoms. The zero-order valence-electron chi connectivity index (χ0n) is 21.2. The van der Waals surface area contributed by atoms with Crippen LogP contribution >= 0.6 is 0 Å². The molecule has 2 aromatic carbocycles. The fourth-order valence-electron chi connectivity index (χ4n) is 3.95. The van der Waals surface area contributed by atoms with Crippen LogP contribution < -0.4 is 14.8 Å². The molecule has 0 aliphatic heterocycles. The molecule has 1 unspecified atom stereocenters. The largest absolute Gasteiger partial charge is 0.493 e. The first-order valence-electron chi connectivity index (χ1n) is 12.0. The van der Waals surface area contributed by atoms with Crippen molar-refractivity contribution in [2.45, 2.75) is 78.3 Å². The zero-order chi connectivity index (χ0) is 25.3. The van der Waals surface area contributed by atoms with E-state index in [1.807, 2.05) is 12.1 Å². The number of ether oxygens (including phenoxy) is 2. The van der Waals surface area contributed by atoms with Crippen LogP contribution in [0.5, 0.6) is 11.5 Å². The Morgan fingerprint density at radius 2 is 1.50 bits per heavy atom. The topological polar surface area (TPSA) is 33.7 Å². The molecule has 0 spiro atoms. The van der Waals surface area contributed by atoms with E-state index in [1.165, 1.54) is 12.1 Å². The molecule has 2 aromatic rings. The lowest BCUT2D eigenvalue weighted by Crippen LogP contribution is -2.39. The Balaban J connectivity index is 1.83. The predicted octanol–water partition coefficient (Wildman–Crippen LogP) is 6.32. The number of halogens is 3. The molecule has 0 fully saturated rings. The average molecular weight is 481 g/mol. The van der Waals surface area contributed by atoms with Crippen molar-refractivity contribution in [1.82, 2.24) is 10.2 Å². The molecule has 4 nitrogen and oxygen atoms in total. The van der Waals surface area contributed by atoms with Crippen molar-refractivity contribution in [2.75, 3.05) is 20.3 Å². The van der Waals surface area contributed by atoms with Gasteiger partial charge in [0, 0.05) is 31.2 Å². The minimum Gasteiger partial charge on any atom is -0.493 e. The summed E-state index contributed by atoms with van der Waals surface area (Å²) in [6.45, 7) is 12.8. The fraction of sp³-hybridized carbons (Fsp3) is 0.556. The van der Waals surface area contributed by atoms with E-state index in [4.69, 9.17) is 9.47 Å². The number of nitrogens with one attached hydrogen (secondary N) is 1. The van der Waals surface area contributed by atoms with Crippen LogP contribution in [0.1, 0.15) is 57.7 Å². The summed E-state index contributed by atoms with van der Waals surface area (Å²) in [5, 5.41) is 3.38. The molecule has 1 atom stereocenters. The van der Waals surface area contributed by atoms with Crippen LogP contribution in [0.15, 0.2) is 42.5 Å². The zero-order valence-corrected chi connectivity index (χ0v) is 21.2. The van der Waals surface area contributed by atoms with Crippen LogP contribution in [0, 0.1) is 0 Å².